The van der Waals surface area contributed by atoms with E-state index in [9.17, 15) is 9.59 Å². The summed E-state index contributed by atoms with van der Waals surface area (Å²) in [5.41, 5.74) is 7.53. The standard InChI is InChI=1S/C29H19ClN2O3S/c30-27(33)18-11-14-25-26(15-18)36-28(32-25)17-9-12-19(13-10-17)31-29(34)35-16-24-22-7-3-1-5-20(22)21-6-2-4-8-23(21)24/h1-15,24H,16H2,(H,31,34). The van der Waals surface area contributed by atoms with Gasteiger partial charge in [0.25, 0.3) is 5.24 Å². The summed E-state index contributed by atoms with van der Waals surface area (Å²) in [7, 11) is 0. The van der Waals surface area contributed by atoms with Gasteiger partial charge >= 0.3 is 6.09 Å². The Morgan fingerprint density at radius 2 is 1.56 bits per heavy atom. The van der Waals surface area contributed by atoms with Crippen LogP contribution in [0.3, 0.4) is 0 Å². The van der Waals surface area contributed by atoms with Crippen molar-refractivity contribution in [2.45, 2.75) is 5.92 Å². The maximum atomic E-state index is 12.6. The molecule has 36 heavy (non-hydrogen) atoms. The molecule has 0 fully saturated rings. The maximum absolute atomic E-state index is 12.6. The van der Waals surface area contributed by atoms with E-state index in [2.05, 4.69) is 34.6 Å². The number of nitrogens with one attached hydrogen (secondary N) is 1. The van der Waals surface area contributed by atoms with E-state index in [0.717, 1.165) is 20.8 Å². The molecule has 1 N–H and O–H groups in total. The summed E-state index contributed by atoms with van der Waals surface area (Å²) in [6.07, 6.45) is -0.497. The van der Waals surface area contributed by atoms with Crippen molar-refractivity contribution in [3.63, 3.8) is 0 Å². The molecule has 5 nitrogen and oxygen atoms in total. The van der Waals surface area contributed by atoms with Crippen LogP contribution in [-0.2, 0) is 4.74 Å². The van der Waals surface area contributed by atoms with Gasteiger partial charge in [0.05, 0.1) is 10.2 Å². The first-order chi connectivity index (χ1) is 17.6. The molecule has 0 unspecified atom stereocenters. The number of anilines is 1. The first kappa shape index (κ1) is 22.5. The molecule has 0 radical (unpaired) electrons. The van der Waals surface area contributed by atoms with Crippen molar-refractivity contribution in [2.75, 3.05) is 11.9 Å². The van der Waals surface area contributed by atoms with Crippen LogP contribution in [0, 0.1) is 0 Å². The second-order valence-corrected chi connectivity index (χ2v) is 9.88. The molecule has 6 rings (SSSR count). The van der Waals surface area contributed by atoms with Crippen molar-refractivity contribution in [1.82, 2.24) is 4.98 Å². The lowest BCUT2D eigenvalue weighted by atomic mass is 9.98. The van der Waals surface area contributed by atoms with Crippen LogP contribution in [0.2, 0.25) is 0 Å². The van der Waals surface area contributed by atoms with Crippen molar-refractivity contribution in [3.8, 4) is 21.7 Å². The number of fused-ring (bicyclic) bond motifs is 4. The highest BCUT2D eigenvalue weighted by molar-refractivity contribution is 7.21. The highest BCUT2D eigenvalue weighted by Crippen LogP contribution is 2.44. The monoisotopic (exact) mass is 510 g/mol. The number of halogens is 1. The highest BCUT2D eigenvalue weighted by atomic mass is 35.5. The third kappa shape index (κ3) is 4.15. The van der Waals surface area contributed by atoms with Gasteiger partial charge in [-0.15, -0.1) is 11.3 Å². The summed E-state index contributed by atoms with van der Waals surface area (Å²) in [6.45, 7) is 0.260. The molecule has 4 aromatic carbocycles. The Hall–Kier alpha value is -4.00. The first-order valence-electron chi connectivity index (χ1n) is 11.4. The summed E-state index contributed by atoms with van der Waals surface area (Å²) in [4.78, 5) is 28.6. The van der Waals surface area contributed by atoms with Crippen molar-refractivity contribution in [1.29, 1.82) is 0 Å². The lowest BCUT2D eigenvalue weighted by Gasteiger charge is -2.14. The quantitative estimate of drug-likeness (QED) is 0.246. The van der Waals surface area contributed by atoms with Crippen LogP contribution >= 0.6 is 22.9 Å². The molecule has 0 saturated heterocycles. The van der Waals surface area contributed by atoms with Gasteiger partial charge in [0.1, 0.15) is 11.6 Å². The fourth-order valence-electron chi connectivity index (χ4n) is 4.62. The number of nitrogens with zero attached hydrogens (tertiary/aromatic N) is 1. The van der Waals surface area contributed by atoms with Gasteiger partial charge < -0.3 is 4.74 Å². The van der Waals surface area contributed by atoms with Gasteiger partial charge in [-0.25, -0.2) is 9.78 Å². The van der Waals surface area contributed by atoms with Crippen LogP contribution in [0.1, 0.15) is 27.4 Å². The maximum Gasteiger partial charge on any atom is 0.411 e. The van der Waals surface area contributed by atoms with E-state index in [1.54, 1.807) is 18.2 Å². The molecule has 0 saturated carbocycles. The fraction of sp³-hybridized carbons (Fsp3) is 0.0690. The lowest BCUT2D eigenvalue weighted by molar-refractivity contribution is 0.108. The normalized spacial score (nSPS) is 12.2. The van der Waals surface area contributed by atoms with E-state index >= 15 is 0 Å². The van der Waals surface area contributed by atoms with Gasteiger partial charge in [-0.05, 0) is 76.3 Å². The summed E-state index contributed by atoms with van der Waals surface area (Å²) >= 11 is 7.07. The largest absolute Gasteiger partial charge is 0.448 e. The van der Waals surface area contributed by atoms with Crippen LogP contribution in [-0.4, -0.2) is 22.9 Å². The van der Waals surface area contributed by atoms with E-state index in [1.165, 1.54) is 33.6 Å². The van der Waals surface area contributed by atoms with Crippen LogP contribution in [0.5, 0.6) is 0 Å². The Balaban J connectivity index is 1.13. The van der Waals surface area contributed by atoms with Gasteiger partial charge in [-0.2, -0.15) is 0 Å². The van der Waals surface area contributed by atoms with Gasteiger partial charge in [0.2, 0.25) is 0 Å². The molecule has 0 aliphatic heterocycles. The molecule has 1 aliphatic rings. The van der Waals surface area contributed by atoms with E-state index in [0.29, 0.717) is 11.3 Å². The number of aromatic nitrogens is 1. The summed E-state index contributed by atoms with van der Waals surface area (Å²) in [5.74, 6) is 0.0131. The van der Waals surface area contributed by atoms with Crippen LogP contribution in [0.4, 0.5) is 10.5 Å². The topological polar surface area (TPSA) is 68.3 Å². The Kier molecular flexibility index (Phi) is 5.76. The number of rotatable bonds is 5. The van der Waals surface area contributed by atoms with Crippen LogP contribution in [0.25, 0.3) is 31.9 Å². The number of carbonyl (C=O) groups is 2. The van der Waals surface area contributed by atoms with E-state index in [1.807, 2.05) is 48.5 Å². The minimum atomic E-state index is -0.497. The number of carbonyl (C=O) groups excluding carboxylic acids is 2. The zero-order valence-corrected chi connectivity index (χ0v) is 20.5. The average Bonchev–Trinajstić information content (AvgIpc) is 3.47. The van der Waals surface area contributed by atoms with Crippen LogP contribution < -0.4 is 5.32 Å². The molecule has 1 heterocycles. The summed E-state index contributed by atoms with van der Waals surface area (Å²) < 4.78 is 6.52. The molecule has 1 aliphatic carbocycles. The average molecular weight is 511 g/mol. The number of hydrogen-bond acceptors (Lipinski definition) is 5. The number of benzene rings is 4. The van der Waals surface area contributed by atoms with Crippen molar-refractivity contribution in [3.05, 3.63) is 108 Å². The van der Waals surface area contributed by atoms with Crippen molar-refractivity contribution < 1.29 is 14.3 Å². The molecule has 7 heteroatoms. The summed E-state index contributed by atoms with van der Waals surface area (Å²) in [5, 5.41) is 3.13. The van der Waals surface area contributed by atoms with Gasteiger partial charge in [0, 0.05) is 22.7 Å². The van der Waals surface area contributed by atoms with Gasteiger partial charge in [-0.1, -0.05) is 48.5 Å². The Bertz CT molecular complexity index is 1580. The Morgan fingerprint density at radius 3 is 2.22 bits per heavy atom. The smallest absolute Gasteiger partial charge is 0.411 e. The van der Waals surface area contributed by atoms with Crippen molar-refractivity contribution >= 4 is 50.2 Å². The van der Waals surface area contributed by atoms with Gasteiger partial charge in [-0.3, -0.25) is 10.1 Å². The summed E-state index contributed by atoms with van der Waals surface area (Å²) in [6, 6.07) is 29.1. The Morgan fingerprint density at radius 1 is 0.889 bits per heavy atom. The zero-order valence-electron chi connectivity index (χ0n) is 18.9. The SMILES string of the molecule is O=C(Nc1ccc(-c2nc3ccc(C(=O)Cl)cc3s2)cc1)OCC1c2ccccc2-c2ccccc21. The second-order valence-electron chi connectivity index (χ2n) is 8.50. The molecule has 1 amide bonds. The molecule has 176 valence electrons. The number of ether oxygens (including phenoxy) is 1. The third-order valence-electron chi connectivity index (χ3n) is 6.34. The molecule has 0 bridgehead atoms. The van der Waals surface area contributed by atoms with E-state index in [-0.39, 0.29) is 12.5 Å². The molecular formula is C29H19ClN2O3S. The molecular weight excluding hydrogens is 492 g/mol. The predicted molar refractivity (Wildman–Crippen MR) is 144 cm³/mol. The zero-order chi connectivity index (χ0) is 24.6. The third-order valence-corrected chi connectivity index (χ3v) is 7.62. The highest BCUT2D eigenvalue weighted by Gasteiger charge is 2.29. The molecule has 1 aromatic heterocycles. The first-order valence-corrected chi connectivity index (χ1v) is 12.6. The lowest BCUT2D eigenvalue weighted by Crippen LogP contribution is -2.17. The minimum absolute atomic E-state index is 0.0131. The van der Waals surface area contributed by atoms with E-state index < -0.39 is 11.3 Å². The minimum Gasteiger partial charge on any atom is -0.448 e. The predicted octanol–water partition coefficient (Wildman–Crippen LogP) is 7.70. The van der Waals surface area contributed by atoms with Crippen molar-refractivity contribution in [2.24, 2.45) is 0 Å². The van der Waals surface area contributed by atoms with Gasteiger partial charge in [0.15, 0.2) is 0 Å². The Labute approximate surface area is 216 Å². The number of amides is 1. The van der Waals surface area contributed by atoms with E-state index in [4.69, 9.17) is 16.3 Å². The number of thiazole rings is 1. The molecule has 0 atom stereocenters. The number of hydrogen-bond donors (Lipinski definition) is 1. The second kappa shape index (κ2) is 9.22. The fourth-order valence-corrected chi connectivity index (χ4v) is 5.75. The van der Waals surface area contributed by atoms with Crippen LogP contribution in [0.15, 0.2) is 91.0 Å². The molecule has 5 aromatic rings. The molecule has 0 spiro atoms.